The average Bonchev–Trinajstić information content (AvgIpc) is 3.18. The van der Waals surface area contributed by atoms with Crippen LogP contribution in [0.25, 0.3) is 0 Å². The number of rotatable bonds is 8. The third-order valence-electron chi connectivity index (χ3n) is 3.56. The molecule has 0 spiro atoms. The molecule has 1 aliphatic carbocycles. The Morgan fingerprint density at radius 2 is 2.12 bits per heavy atom. The number of aliphatic imine (C=N–C) groups is 1. The number of halogens is 4. The van der Waals surface area contributed by atoms with Gasteiger partial charge in [-0.25, -0.2) is 4.98 Å². The highest BCUT2D eigenvalue weighted by Crippen LogP contribution is 2.33. The fourth-order valence-electron chi connectivity index (χ4n) is 2.16. The molecular formula is C15H24F3IN4S. The highest BCUT2D eigenvalue weighted by Gasteiger charge is 2.33. The summed E-state index contributed by atoms with van der Waals surface area (Å²) in [7, 11) is 0. The minimum Gasteiger partial charge on any atom is -0.357 e. The highest BCUT2D eigenvalue weighted by molar-refractivity contribution is 14.0. The van der Waals surface area contributed by atoms with Crippen LogP contribution in [-0.2, 0) is 12.6 Å². The molecule has 0 aromatic carbocycles. The first kappa shape index (κ1) is 21.5. The van der Waals surface area contributed by atoms with Crippen LogP contribution in [0.3, 0.4) is 0 Å². The molecule has 4 nitrogen and oxygen atoms in total. The van der Waals surface area contributed by atoms with Crippen molar-refractivity contribution in [3.63, 3.8) is 0 Å². The van der Waals surface area contributed by atoms with E-state index in [1.54, 1.807) is 0 Å². The van der Waals surface area contributed by atoms with Gasteiger partial charge in [0.2, 0.25) is 0 Å². The predicted molar refractivity (Wildman–Crippen MR) is 102 cm³/mol. The van der Waals surface area contributed by atoms with Crippen molar-refractivity contribution >= 4 is 41.3 Å². The Kier molecular flexibility index (Phi) is 9.32. The molecule has 0 radical (unpaired) electrons. The Labute approximate surface area is 161 Å². The van der Waals surface area contributed by atoms with Gasteiger partial charge in [0.15, 0.2) is 11.7 Å². The molecule has 1 heterocycles. The van der Waals surface area contributed by atoms with Gasteiger partial charge in [0.1, 0.15) is 0 Å². The predicted octanol–water partition coefficient (Wildman–Crippen LogP) is 4.07. The van der Waals surface area contributed by atoms with Crippen molar-refractivity contribution < 1.29 is 13.2 Å². The number of nitrogens with zero attached hydrogens (tertiary/aromatic N) is 2. The zero-order chi connectivity index (χ0) is 16.7. The number of aromatic nitrogens is 1. The molecule has 0 unspecified atom stereocenters. The van der Waals surface area contributed by atoms with E-state index in [4.69, 9.17) is 0 Å². The smallest absolute Gasteiger partial charge is 0.357 e. The van der Waals surface area contributed by atoms with E-state index in [1.165, 1.54) is 19.3 Å². The quantitative estimate of drug-likeness (QED) is 0.258. The van der Waals surface area contributed by atoms with E-state index in [2.05, 4.69) is 20.6 Å². The monoisotopic (exact) mass is 476 g/mol. The molecule has 24 heavy (non-hydrogen) atoms. The van der Waals surface area contributed by atoms with Gasteiger partial charge >= 0.3 is 6.18 Å². The van der Waals surface area contributed by atoms with E-state index in [0.717, 1.165) is 48.1 Å². The van der Waals surface area contributed by atoms with Gasteiger partial charge in [-0.1, -0.05) is 12.8 Å². The Morgan fingerprint density at radius 1 is 1.38 bits per heavy atom. The van der Waals surface area contributed by atoms with Gasteiger partial charge in [0.05, 0.1) is 5.01 Å². The first-order valence-corrected chi connectivity index (χ1v) is 8.90. The van der Waals surface area contributed by atoms with Gasteiger partial charge in [0.25, 0.3) is 0 Å². The molecule has 0 aliphatic heterocycles. The van der Waals surface area contributed by atoms with Crippen molar-refractivity contribution in [1.82, 2.24) is 15.6 Å². The molecule has 1 aromatic heterocycles. The second-order valence-corrected chi connectivity index (χ2v) is 6.59. The number of guanidine groups is 1. The maximum absolute atomic E-state index is 12.5. The van der Waals surface area contributed by atoms with E-state index >= 15 is 0 Å². The summed E-state index contributed by atoms with van der Waals surface area (Å²) in [6.07, 6.45) is 1.13. The van der Waals surface area contributed by atoms with Crippen LogP contribution in [0.1, 0.15) is 43.3 Å². The lowest BCUT2D eigenvalue weighted by atomic mass is 10.2. The Morgan fingerprint density at radius 3 is 2.71 bits per heavy atom. The van der Waals surface area contributed by atoms with Crippen LogP contribution in [-0.4, -0.2) is 30.6 Å². The van der Waals surface area contributed by atoms with Gasteiger partial charge in [-0.05, 0) is 25.7 Å². The van der Waals surface area contributed by atoms with E-state index < -0.39 is 11.9 Å². The lowest BCUT2D eigenvalue weighted by Crippen LogP contribution is -2.38. The largest absolute Gasteiger partial charge is 0.434 e. The summed E-state index contributed by atoms with van der Waals surface area (Å²) in [6.45, 7) is 4.03. The van der Waals surface area contributed by atoms with Crippen LogP contribution >= 0.6 is 35.3 Å². The van der Waals surface area contributed by atoms with E-state index in [0.29, 0.717) is 18.0 Å². The molecule has 0 saturated heterocycles. The summed E-state index contributed by atoms with van der Waals surface area (Å²) in [5, 5.41) is 7.83. The van der Waals surface area contributed by atoms with E-state index in [1.807, 2.05) is 6.92 Å². The van der Waals surface area contributed by atoms with Crippen LogP contribution in [0.4, 0.5) is 13.2 Å². The van der Waals surface area contributed by atoms with Crippen molar-refractivity contribution in [2.24, 2.45) is 10.9 Å². The zero-order valence-corrected chi connectivity index (χ0v) is 16.8. The third kappa shape index (κ3) is 8.00. The van der Waals surface area contributed by atoms with Crippen LogP contribution in [0.2, 0.25) is 0 Å². The summed E-state index contributed by atoms with van der Waals surface area (Å²) >= 11 is 1.04. The van der Waals surface area contributed by atoms with Gasteiger partial charge in [-0.2, -0.15) is 13.2 Å². The Balaban J connectivity index is 0.00000288. The van der Waals surface area contributed by atoms with Gasteiger partial charge < -0.3 is 10.6 Å². The molecule has 2 N–H and O–H groups in total. The average molecular weight is 476 g/mol. The van der Waals surface area contributed by atoms with Gasteiger partial charge in [0, 0.05) is 31.4 Å². The molecule has 2 rings (SSSR count). The number of hydrogen-bond acceptors (Lipinski definition) is 3. The van der Waals surface area contributed by atoms with Crippen LogP contribution in [0, 0.1) is 5.92 Å². The summed E-state index contributed by atoms with van der Waals surface area (Å²) in [5.41, 5.74) is -0.807. The second-order valence-electron chi connectivity index (χ2n) is 5.65. The van der Waals surface area contributed by atoms with Crippen molar-refractivity contribution in [2.75, 3.05) is 19.6 Å². The van der Waals surface area contributed by atoms with Crippen LogP contribution in [0.15, 0.2) is 10.4 Å². The Bertz CT molecular complexity index is 515. The topological polar surface area (TPSA) is 49.3 Å². The number of alkyl halides is 3. The number of hydrogen-bond donors (Lipinski definition) is 2. The second kappa shape index (κ2) is 10.4. The molecule has 0 atom stereocenters. The summed E-state index contributed by atoms with van der Waals surface area (Å²) in [4.78, 5) is 8.11. The fourth-order valence-corrected chi connectivity index (χ4v) is 2.97. The van der Waals surface area contributed by atoms with E-state index in [-0.39, 0.29) is 24.0 Å². The number of nitrogens with one attached hydrogen (secondary N) is 2. The first-order valence-electron chi connectivity index (χ1n) is 8.03. The maximum Gasteiger partial charge on any atom is 0.434 e. The fraction of sp³-hybridized carbons (Fsp3) is 0.733. The summed E-state index contributed by atoms with van der Waals surface area (Å²) in [6, 6.07) is 0. The summed E-state index contributed by atoms with van der Waals surface area (Å²) < 4.78 is 37.5. The molecule has 1 saturated carbocycles. The SMILES string of the molecule is CCNC(=NCCCC1CC1)NCCc1nc(C(F)(F)F)cs1.I. The summed E-state index contributed by atoms with van der Waals surface area (Å²) in [5.74, 6) is 1.63. The maximum atomic E-state index is 12.5. The highest BCUT2D eigenvalue weighted by atomic mass is 127. The molecule has 0 amide bonds. The zero-order valence-electron chi connectivity index (χ0n) is 13.7. The molecule has 1 aliphatic rings. The molecule has 0 bridgehead atoms. The normalized spacial score (nSPS) is 15.1. The third-order valence-corrected chi connectivity index (χ3v) is 4.46. The van der Waals surface area contributed by atoms with Gasteiger partial charge in [-0.15, -0.1) is 35.3 Å². The van der Waals surface area contributed by atoms with Crippen molar-refractivity contribution in [2.45, 2.75) is 45.2 Å². The number of thiazole rings is 1. The first-order chi connectivity index (χ1) is 11.0. The molecule has 9 heteroatoms. The molecule has 1 fully saturated rings. The molecular weight excluding hydrogens is 452 g/mol. The van der Waals surface area contributed by atoms with Crippen LogP contribution < -0.4 is 10.6 Å². The van der Waals surface area contributed by atoms with Crippen molar-refractivity contribution in [3.8, 4) is 0 Å². The van der Waals surface area contributed by atoms with Gasteiger partial charge in [-0.3, -0.25) is 4.99 Å². The Hall–Kier alpha value is -0.580. The molecule has 1 aromatic rings. The standard InChI is InChI=1S/C15H23F3N4S.HI/c1-2-19-14(20-8-3-4-11-5-6-11)21-9-7-13-22-12(10-23-13)15(16,17)18;/h10-11H,2-9H2,1H3,(H2,19,20,21);1H. The lowest BCUT2D eigenvalue weighted by Gasteiger charge is -2.10. The minimum absolute atomic E-state index is 0. The minimum atomic E-state index is -4.36. The van der Waals surface area contributed by atoms with E-state index in [9.17, 15) is 13.2 Å². The lowest BCUT2D eigenvalue weighted by molar-refractivity contribution is -0.140. The van der Waals surface area contributed by atoms with Crippen molar-refractivity contribution in [3.05, 3.63) is 16.1 Å². The van der Waals surface area contributed by atoms with Crippen molar-refractivity contribution in [1.29, 1.82) is 0 Å². The molecule has 138 valence electrons. The van der Waals surface area contributed by atoms with Crippen LogP contribution in [0.5, 0.6) is 0 Å².